The van der Waals surface area contributed by atoms with E-state index in [4.69, 9.17) is 15.1 Å². The van der Waals surface area contributed by atoms with Crippen LogP contribution in [-0.2, 0) is 10.2 Å². The van der Waals surface area contributed by atoms with Crippen molar-refractivity contribution in [3.63, 3.8) is 0 Å². The number of aromatic amines is 1. The summed E-state index contributed by atoms with van der Waals surface area (Å²) in [5, 5.41) is 14.5. The maximum absolute atomic E-state index is 13.4. The number of fused-ring (bicyclic) bond motifs is 3. The Hall–Kier alpha value is -5.19. The van der Waals surface area contributed by atoms with E-state index >= 15 is 0 Å². The number of nitrogens with one attached hydrogen (secondary N) is 2. The van der Waals surface area contributed by atoms with E-state index in [0.717, 1.165) is 65.0 Å². The molecule has 1 aromatic carbocycles. The Morgan fingerprint density at radius 2 is 1.89 bits per heavy atom. The van der Waals surface area contributed by atoms with E-state index in [0.29, 0.717) is 23.8 Å². The number of allylic oxidation sites excluding steroid dienone is 1. The molecule has 0 radical (unpaired) electrons. The van der Waals surface area contributed by atoms with Crippen molar-refractivity contribution in [3.05, 3.63) is 90.0 Å². The smallest absolute Gasteiger partial charge is 0.295 e. The maximum atomic E-state index is 13.4. The van der Waals surface area contributed by atoms with Gasteiger partial charge in [-0.1, -0.05) is 49.4 Å². The summed E-state index contributed by atoms with van der Waals surface area (Å²) in [6.07, 6.45) is 11.4. The largest absolute Gasteiger partial charge is 0.311 e. The van der Waals surface area contributed by atoms with Gasteiger partial charge in [0.1, 0.15) is 12.1 Å². The Kier molecular flexibility index (Phi) is 5.97. The summed E-state index contributed by atoms with van der Waals surface area (Å²) < 4.78 is 1.78. The van der Waals surface area contributed by atoms with Crippen molar-refractivity contribution in [3.8, 4) is 22.4 Å². The molecule has 6 heterocycles. The number of rotatable bonds is 6. The third-order valence-corrected chi connectivity index (χ3v) is 9.07. The molecule has 2 atom stereocenters. The average molecular weight is 586 g/mol. The molecule has 11 nitrogen and oxygen atoms in total. The van der Waals surface area contributed by atoms with Crippen LogP contribution in [0, 0.1) is 0 Å². The van der Waals surface area contributed by atoms with Crippen molar-refractivity contribution in [2.75, 3.05) is 5.32 Å². The van der Waals surface area contributed by atoms with E-state index in [-0.39, 0.29) is 29.1 Å². The van der Waals surface area contributed by atoms with E-state index in [2.05, 4.69) is 33.5 Å². The molecule has 4 aromatic heterocycles. The molecule has 8 rings (SSSR count). The molecule has 2 amide bonds. The number of piperidine rings is 1. The molecule has 2 aliphatic heterocycles. The van der Waals surface area contributed by atoms with Gasteiger partial charge in [0.2, 0.25) is 11.7 Å². The summed E-state index contributed by atoms with van der Waals surface area (Å²) in [4.78, 5) is 42.0. The third kappa shape index (κ3) is 4.30. The van der Waals surface area contributed by atoms with Gasteiger partial charge in [0.05, 0.1) is 17.6 Å². The van der Waals surface area contributed by atoms with Gasteiger partial charge in [-0.05, 0) is 44.1 Å². The van der Waals surface area contributed by atoms with Crippen LogP contribution >= 0.6 is 0 Å². The SMILES string of the molecule is CC(=O)Nc1c(C2CC2)c([C@@]2(C)CC3=CC[C@H](C2)N3C(=O)c2ncn[nH]2)nc2c(-c3ccc(-c4ccccc4)nc3)cnn12. The molecule has 2 bridgehead atoms. The highest BCUT2D eigenvalue weighted by Gasteiger charge is 2.49. The zero-order chi connectivity index (χ0) is 30.0. The molecule has 2 N–H and O–H groups in total. The standard InChI is InChI=1S/C33H31N9O2/c1-19(43)38-31-27(21-8-9-21)28(33(2)14-23-11-12-24(15-33)41(23)32(44)29-35-18-36-40-29)39-30-25(17-37-42(30)31)22-10-13-26(34-16-22)20-6-4-3-5-7-20/h3-7,10-11,13,16-18,21,24H,8-9,12,14-15H2,1-2H3,(H,38,43)(H,35,36,40)/t24-,33+/m1/s1. The van der Waals surface area contributed by atoms with Crippen LogP contribution < -0.4 is 5.32 Å². The fourth-order valence-corrected chi connectivity index (χ4v) is 6.98. The lowest BCUT2D eigenvalue weighted by atomic mass is 9.72. The molecule has 44 heavy (non-hydrogen) atoms. The molecule has 3 aliphatic rings. The van der Waals surface area contributed by atoms with Crippen LogP contribution in [-0.4, -0.2) is 57.5 Å². The van der Waals surface area contributed by atoms with E-state index in [1.54, 1.807) is 10.7 Å². The molecule has 1 saturated carbocycles. The van der Waals surface area contributed by atoms with Crippen LogP contribution in [0.2, 0.25) is 0 Å². The van der Waals surface area contributed by atoms with Gasteiger partial charge in [-0.15, -0.1) is 0 Å². The number of hydrogen-bond acceptors (Lipinski definition) is 7. The van der Waals surface area contributed by atoms with Crippen LogP contribution in [0.15, 0.2) is 73.0 Å². The summed E-state index contributed by atoms with van der Waals surface area (Å²) in [5.41, 5.74) is 6.98. The molecular formula is C33H31N9O2. The van der Waals surface area contributed by atoms with E-state index < -0.39 is 0 Å². The zero-order valence-electron chi connectivity index (χ0n) is 24.5. The van der Waals surface area contributed by atoms with Crippen LogP contribution in [0.25, 0.3) is 28.0 Å². The molecule has 1 saturated heterocycles. The zero-order valence-corrected chi connectivity index (χ0v) is 24.5. The Balaban J connectivity index is 1.24. The highest BCUT2D eigenvalue weighted by atomic mass is 16.2. The number of H-pyrrole nitrogens is 1. The van der Waals surface area contributed by atoms with Crippen LogP contribution in [0.3, 0.4) is 0 Å². The third-order valence-electron chi connectivity index (χ3n) is 9.07. The maximum Gasteiger partial charge on any atom is 0.295 e. The molecule has 5 aromatic rings. The van der Waals surface area contributed by atoms with Gasteiger partial charge in [-0.25, -0.2) is 9.97 Å². The summed E-state index contributed by atoms with van der Waals surface area (Å²) >= 11 is 0. The lowest BCUT2D eigenvalue weighted by Crippen LogP contribution is -2.47. The predicted molar refractivity (Wildman–Crippen MR) is 164 cm³/mol. The van der Waals surface area contributed by atoms with Crippen molar-refractivity contribution in [2.24, 2.45) is 0 Å². The summed E-state index contributed by atoms with van der Waals surface area (Å²) in [7, 11) is 0. The molecule has 1 aliphatic carbocycles. The van der Waals surface area contributed by atoms with Gasteiger partial charge in [0.25, 0.3) is 5.91 Å². The van der Waals surface area contributed by atoms with Crippen molar-refractivity contribution in [1.29, 1.82) is 0 Å². The highest BCUT2D eigenvalue weighted by Crippen LogP contribution is 2.53. The van der Waals surface area contributed by atoms with Crippen LogP contribution in [0.4, 0.5) is 5.82 Å². The average Bonchev–Trinajstić information content (AvgIpc) is 3.41. The lowest BCUT2D eigenvalue weighted by Gasteiger charge is -2.43. The fraction of sp³-hybridized carbons (Fsp3) is 0.303. The number of anilines is 1. The normalized spacial score (nSPS) is 21.0. The molecule has 11 heteroatoms. The highest BCUT2D eigenvalue weighted by molar-refractivity contribution is 5.93. The van der Waals surface area contributed by atoms with Gasteiger partial charge in [0.15, 0.2) is 5.65 Å². The number of nitrogens with zero attached hydrogens (tertiary/aromatic N) is 7. The van der Waals surface area contributed by atoms with Crippen molar-refractivity contribution >= 4 is 23.3 Å². The van der Waals surface area contributed by atoms with E-state index in [1.807, 2.05) is 53.6 Å². The molecular weight excluding hydrogens is 554 g/mol. The number of pyridine rings is 1. The number of hydrogen-bond donors (Lipinski definition) is 2. The summed E-state index contributed by atoms with van der Waals surface area (Å²) in [5.74, 6) is 0.904. The first-order chi connectivity index (χ1) is 21.4. The topological polar surface area (TPSA) is 134 Å². The Morgan fingerprint density at radius 3 is 2.57 bits per heavy atom. The minimum Gasteiger partial charge on any atom is -0.311 e. The van der Waals surface area contributed by atoms with Crippen molar-refractivity contribution in [2.45, 2.75) is 63.3 Å². The number of aromatic nitrogens is 7. The second-order valence-corrected chi connectivity index (χ2v) is 12.3. The quantitative estimate of drug-likeness (QED) is 0.278. The van der Waals surface area contributed by atoms with Gasteiger partial charge < -0.3 is 10.2 Å². The van der Waals surface area contributed by atoms with E-state index in [9.17, 15) is 9.59 Å². The van der Waals surface area contributed by atoms with Crippen molar-refractivity contribution in [1.82, 2.24) is 39.7 Å². The van der Waals surface area contributed by atoms with Gasteiger partial charge in [-0.3, -0.25) is 19.7 Å². The first kappa shape index (κ1) is 26.4. The van der Waals surface area contributed by atoms with Crippen LogP contribution in [0.1, 0.15) is 73.7 Å². The Morgan fingerprint density at radius 1 is 1.05 bits per heavy atom. The fourth-order valence-electron chi connectivity index (χ4n) is 6.98. The van der Waals surface area contributed by atoms with Crippen molar-refractivity contribution < 1.29 is 9.59 Å². The summed E-state index contributed by atoms with van der Waals surface area (Å²) in [6, 6.07) is 14.1. The number of amides is 2. The second-order valence-electron chi connectivity index (χ2n) is 12.3. The molecule has 0 unspecified atom stereocenters. The second kappa shape index (κ2) is 9.94. The van der Waals surface area contributed by atoms with Gasteiger partial charge in [0, 0.05) is 52.5 Å². The number of carbonyl (C=O) groups excluding carboxylic acids is 2. The molecule has 220 valence electrons. The van der Waals surface area contributed by atoms with Crippen LogP contribution in [0.5, 0.6) is 0 Å². The minimum absolute atomic E-state index is 0.0187. The minimum atomic E-state index is -0.366. The van der Waals surface area contributed by atoms with E-state index in [1.165, 1.54) is 13.3 Å². The lowest BCUT2D eigenvalue weighted by molar-refractivity contribution is -0.114. The van der Waals surface area contributed by atoms with Gasteiger partial charge in [-0.2, -0.15) is 14.7 Å². The predicted octanol–water partition coefficient (Wildman–Crippen LogP) is 5.26. The molecule has 2 fully saturated rings. The monoisotopic (exact) mass is 585 g/mol. The number of carbonyl (C=O) groups is 2. The molecule has 0 spiro atoms. The summed E-state index contributed by atoms with van der Waals surface area (Å²) in [6.45, 7) is 3.77. The Bertz CT molecular complexity index is 1940. The first-order valence-corrected chi connectivity index (χ1v) is 15.0. The first-order valence-electron chi connectivity index (χ1n) is 15.0. The Labute approximate surface area is 253 Å². The van der Waals surface area contributed by atoms with Gasteiger partial charge >= 0.3 is 0 Å². The number of benzene rings is 1.